The van der Waals surface area contributed by atoms with Gasteiger partial charge in [-0.15, -0.1) is 0 Å². The minimum atomic E-state index is 0. The molecule has 0 aliphatic rings. The normalized spacial score (nSPS) is 9.54. The molecule has 0 aliphatic heterocycles. The molecule has 0 atom stereocenters. The Hall–Kier alpha value is -0.0636. The summed E-state index contributed by atoms with van der Waals surface area (Å²) in [7, 11) is 0. The molecule has 0 heterocycles. The maximum Gasteiger partial charge on any atom is 0.116 e. The largest absolute Gasteiger partial charge is 0.508 e. The number of hydrogen-bond donors (Lipinski definition) is 2. The Labute approximate surface area is 119 Å². The summed E-state index contributed by atoms with van der Waals surface area (Å²) in [5.41, 5.74) is 0. The molecule has 0 aliphatic carbocycles. The predicted molar refractivity (Wildman–Crippen MR) is 53.0 cm³/mol. The number of fused-ring (bicyclic) bond motifs is 1. The smallest absolute Gasteiger partial charge is 0.116 e. The van der Waals surface area contributed by atoms with Crippen LogP contribution in [0, 0.1) is 0 Å². The third-order valence-corrected chi connectivity index (χ3v) is 1.81. The molecule has 0 bridgehead atoms. The van der Waals surface area contributed by atoms with Crippen LogP contribution in [0.2, 0.25) is 0 Å². The Kier molecular flexibility index (Phi) is 3.76. The van der Waals surface area contributed by atoms with Crippen LogP contribution in [-0.4, -0.2) is 61.6 Å². The van der Waals surface area contributed by atoms with Crippen molar-refractivity contribution in [2.75, 3.05) is 0 Å². The topological polar surface area (TPSA) is 40.5 Å². The first-order chi connectivity index (χ1) is 5.75. The van der Waals surface area contributed by atoms with Crippen LogP contribution < -0.4 is 0 Å². The first-order valence-electron chi connectivity index (χ1n) is 3.67. The molecule has 0 amide bonds. The summed E-state index contributed by atoms with van der Waals surface area (Å²) in [6, 6.07) is 10.1. The zero-order valence-corrected chi connectivity index (χ0v) is 10.5. The summed E-state index contributed by atoms with van der Waals surface area (Å²) in [5, 5.41) is 20.1. The van der Waals surface area contributed by atoms with Crippen LogP contribution in [0.3, 0.4) is 0 Å². The van der Waals surface area contributed by atoms with Gasteiger partial charge in [0.1, 0.15) is 11.5 Å². The van der Waals surface area contributed by atoms with E-state index in [2.05, 4.69) is 0 Å². The Balaban J connectivity index is 0.000000845. The summed E-state index contributed by atoms with van der Waals surface area (Å²) in [5.74, 6) is 0.432. The molecule has 0 aromatic heterocycles. The van der Waals surface area contributed by atoms with Gasteiger partial charge in [-0.2, -0.15) is 0 Å². The Morgan fingerprint density at radius 3 is 1.62 bits per heavy atom. The van der Waals surface area contributed by atoms with E-state index in [-0.39, 0.29) is 62.9 Å². The van der Waals surface area contributed by atoms with Crippen LogP contribution in [0.4, 0.5) is 0 Å². The van der Waals surface area contributed by atoms with Gasteiger partial charge in [-0.3, -0.25) is 0 Å². The molecule has 0 unspecified atom stereocenters. The van der Waals surface area contributed by atoms with Crippen LogP contribution in [0.25, 0.3) is 10.8 Å². The SMILES string of the molecule is Oc1ccc2ccc(O)cc2c1.[K]. The minimum absolute atomic E-state index is 0. The van der Waals surface area contributed by atoms with Gasteiger partial charge in [-0.05, 0) is 35.0 Å². The predicted octanol–water partition coefficient (Wildman–Crippen LogP) is 1.87. The monoisotopic (exact) mass is 199 g/mol. The fourth-order valence-corrected chi connectivity index (χ4v) is 1.22. The number of aromatic hydroxyl groups is 2. The van der Waals surface area contributed by atoms with E-state index in [1.54, 1.807) is 24.3 Å². The van der Waals surface area contributed by atoms with Crippen molar-refractivity contribution in [3.05, 3.63) is 36.4 Å². The summed E-state index contributed by atoms with van der Waals surface area (Å²) in [6.45, 7) is 0. The molecular weight excluding hydrogens is 191 g/mol. The molecule has 2 aromatic carbocycles. The van der Waals surface area contributed by atoms with Crippen molar-refractivity contribution in [3.8, 4) is 11.5 Å². The van der Waals surface area contributed by atoms with E-state index in [0.717, 1.165) is 10.8 Å². The van der Waals surface area contributed by atoms with Crippen molar-refractivity contribution in [2.45, 2.75) is 0 Å². The second kappa shape index (κ2) is 4.44. The van der Waals surface area contributed by atoms with Crippen LogP contribution in [0.5, 0.6) is 11.5 Å². The number of benzene rings is 2. The standard InChI is InChI=1S/C10H8O2.K/c11-9-3-1-7-2-4-10(12)6-8(7)5-9;/h1-6,11-12H;. The van der Waals surface area contributed by atoms with Gasteiger partial charge in [0, 0.05) is 51.4 Å². The third kappa shape index (κ3) is 2.45. The molecule has 0 saturated carbocycles. The van der Waals surface area contributed by atoms with Gasteiger partial charge in [0.2, 0.25) is 0 Å². The summed E-state index contributed by atoms with van der Waals surface area (Å²) in [6.07, 6.45) is 0. The fraction of sp³-hybridized carbons (Fsp3) is 0. The molecule has 3 heteroatoms. The van der Waals surface area contributed by atoms with Crippen molar-refractivity contribution in [3.63, 3.8) is 0 Å². The first-order valence-corrected chi connectivity index (χ1v) is 3.67. The maximum absolute atomic E-state index is 9.14. The van der Waals surface area contributed by atoms with Crippen LogP contribution in [0.15, 0.2) is 36.4 Å². The van der Waals surface area contributed by atoms with Crippen molar-refractivity contribution in [2.24, 2.45) is 0 Å². The average Bonchev–Trinajstić information content (AvgIpc) is 2.03. The second-order valence-corrected chi connectivity index (χ2v) is 2.72. The summed E-state index contributed by atoms with van der Waals surface area (Å²) in [4.78, 5) is 0. The van der Waals surface area contributed by atoms with E-state index < -0.39 is 0 Å². The van der Waals surface area contributed by atoms with Gasteiger partial charge in [0.15, 0.2) is 0 Å². The van der Waals surface area contributed by atoms with E-state index in [4.69, 9.17) is 10.2 Å². The Bertz CT molecular complexity index is 389. The molecule has 1 radical (unpaired) electrons. The van der Waals surface area contributed by atoms with E-state index in [0.29, 0.717) is 0 Å². The van der Waals surface area contributed by atoms with Gasteiger partial charge in [0.25, 0.3) is 0 Å². The van der Waals surface area contributed by atoms with Gasteiger partial charge >= 0.3 is 0 Å². The fourth-order valence-electron chi connectivity index (χ4n) is 1.22. The molecule has 61 valence electrons. The molecule has 0 spiro atoms. The number of rotatable bonds is 0. The minimum Gasteiger partial charge on any atom is -0.508 e. The van der Waals surface area contributed by atoms with E-state index in [9.17, 15) is 0 Å². The van der Waals surface area contributed by atoms with E-state index in [1.165, 1.54) is 0 Å². The van der Waals surface area contributed by atoms with Crippen molar-refractivity contribution in [1.82, 2.24) is 0 Å². The van der Waals surface area contributed by atoms with E-state index >= 15 is 0 Å². The first kappa shape index (κ1) is 11.0. The Morgan fingerprint density at radius 1 is 0.692 bits per heavy atom. The molecule has 2 N–H and O–H groups in total. The maximum atomic E-state index is 9.14. The van der Waals surface area contributed by atoms with Crippen molar-refractivity contribution < 1.29 is 10.2 Å². The zero-order chi connectivity index (χ0) is 8.55. The quantitative estimate of drug-likeness (QED) is 0.636. The number of phenolic OH excluding ortho intramolecular Hbond substituents is 2. The summed E-state index contributed by atoms with van der Waals surface area (Å²) >= 11 is 0. The molecular formula is C10H8KO2. The van der Waals surface area contributed by atoms with Gasteiger partial charge in [0.05, 0.1) is 0 Å². The summed E-state index contributed by atoms with van der Waals surface area (Å²) < 4.78 is 0. The zero-order valence-electron chi connectivity index (χ0n) is 7.36. The number of hydrogen-bond acceptors (Lipinski definition) is 2. The third-order valence-electron chi connectivity index (χ3n) is 1.81. The average molecular weight is 199 g/mol. The van der Waals surface area contributed by atoms with Gasteiger partial charge in [-0.1, -0.05) is 12.1 Å². The second-order valence-electron chi connectivity index (χ2n) is 2.72. The molecule has 2 nitrogen and oxygen atoms in total. The Morgan fingerprint density at radius 2 is 1.15 bits per heavy atom. The molecule has 13 heavy (non-hydrogen) atoms. The molecule has 0 fully saturated rings. The van der Waals surface area contributed by atoms with Crippen molar-refractivity contribution >= 4 is 62.2 Å². The van der Waals surface area contributed by atoms with Crippen molar-refractivity contribution in [1.29, 1.82) is 0 Å². The van der Waals surface area contributed by atoms with Gasteiger partial charge < -0.3 is 10.2 Å². The van der Waals surface area contributed by atoms with Crippen LogP contribution in [-0.2, 0) is 0 Å². The number of phenols is 2. The molecule has 2 aromatic rings. The van der Waals surface area contributed by atoms with Crippen LogP contribution in [0.1, 0.15) is 0 Å². The van der Waals surface area contributed by atoms with Crippen LogP contribution >= 0.6 is 0 Å². The molecule has 2 rings (SSSR count). The van der Waals surface area contributed by atoms with Gasteiger partial charge in [-0.25, -0.2) is 0 Å². The molecule has 0 saturated heterocycles. The van der Waals surface area contributed by atoms with E-state index in [1.807, 2.05) is 12.1 Å².